The fraction of sp³-hybridized carbons (Fsp3) is 0.312. The Bertz CT molecular complexity index is 693. The number of nitrogens with one attached hydrogen (secondary N) is 1. The molecule has 0 fully saturated rings. The van der Waals surface area contributed by atoms with Gasteiger partial charge in [0.05, 0.1) is 6.61 Å². The lowest BCUT2D eigenvalue weighted by molar-refractivity contribution is -0.149. The van der Waals surface area contributed by atoms with Crippen LogP contribution in [0, 0.1) is 0 Å². The fourth-order valence-corrected chi connectivity index (χ4v) is 1.74. The van der Waals surface area contributed by atoms with Gasteiger partial charge in [-0.3, -0.25) is 10.1 Å². The summed E-state index contributed by atoms with van der Waals surface area (Å²) in [7, 11) is 0. The van der Waals surface area contributed by atoms with Crippen LogP contribution in [0.4, 0.5) is 13.6 Å². The van der Waals surface area contributed by atoms with Crippen molar-refractivity contribution in [3.63, 3.8) is 0 Å². The summed E-state index contributed by atoms with van der Waals surface area (Å²) in [6.07, 6.45) is 1.11. The van der Waals surface area contributed by atoms with Gasteiger partial charge in [-0.1, -0.05) is 6.07 Å². The number of hydrogen-bond acceptors (Lipinski definition) is 6. The number of ether oxygens (including phenoxy) is 3. The van der Waals surface area contributed by atoms with Crippen molar-refractivity contribution in [1.82, 2.24) is 5.32 Å². The highest BCUT2D eigenvalue weighted by Crippen LogP contribution is 2.30. The van der Waals surface area contributed by atoms with Crippen molar-refractivity contribution >= 4 is 24.0 Å². The van der Waals surface area contributed by atoms with Crippen molar-refractivity contribution in [2.75, 3.05) is 6.61 Å². The van der Waals surface area contributed by atoms with Gasteiger partial charge in [0.25, 0.3) is 5.91 Å². The van der Waals surface area contributed by atoms with Crippen molar-refractivity contribution in [2.24, 2.45) is 5.73 Å². The van der Waals surface area contributed by atoms with E-state index in [-0.39, 0.29) is 18.1 Å². The SMILES string of the molecule is CCOc1cc(/C=C/C(=O)O[C@@H](C)C(=O)NC(N)=O)ccc1OC(F)F. The molecule has 0 aromatic heterocycles. The number of alkyl halides is 2. The van der Waals surface area contributed by atoms with E-state index in [1.54, 1.807) is 12.2 Å². The van der Waals surface area contributed by atoms with Crippen molar-refractivity contribution in [3.05, 3.63) is 29.8 Å². The molecule has 0 aliphatic heterocycles. The first-order valence-corrected chi connectivity index (χ1v) is 7.43. The van der Waals surface area contributed by atoms with Gasteiger partial charge >= 0.3 is 18.6 Å². The van der Waals surface area contributed by atoms with E-state index >= 15 is 0 Å². The molecular formula is C16H18F2N2O6. The highest BCUT2D eigenvalue weighted by atomic mass is 19.3. The zero-order chi connectivity index (χ0) is 19.7. The van der Waals surface area contributed by atoms with Gasteiger partial charge in [0.1, 0.15) is 0 Å². The summed E-state index contributed by atoms with van der Waals surface area (Å²) in [6.45, 7) is 0.151. The molecule has 0 aliphatic carbocycles. The molecule has 142 valence electrons. The molecule has 3 N–H and O–H groups in total. The number of benzene rings is 1. The molecule has 26 heavy (non-hydrogen) atoms. The maximum Gasteiger partial charge on any atom is 0.387 e. The van der Waals surface area contributed by atoms with E-state index in [4.69, 9.17) is 15.2 Å². The minimum atomic E-state index is -3.00. The molecule has 3 amide bonds. The summed E-state index contributed by atoms with van der Waals surface area (Å²) >= 11 is 0. The molecule has 1 aromatic rings. The fourth-order valence-electron chi connectivity index (χ4n) is 1.74. The normalized spacial score (nSPS) is 11.9. The number of halogens is 2. The van der Waals surface area contributed by atoms with E-state index < -0.39 is 30.6 Å². The van der Waals surface area contributed by atoms with Gasteiger partial charge in [-0.15, -0.1) is 0 Å². The molecule has 10 heteroatoms. The van der Waals surface area contributed by atoms with Crippen LogP contribution in [-0.2, 0) is 14.3 Å². The van der Waals surface area contributed by atoms with Crippen LogP contribution in [0.1, 0.15) is 19.4 Å². The number of nitrogens with two attached hydrogens (primary N) is 1. The standard InChI is InChI=1S/C16H18F2N2O6/c1-3-24-12-8-10(4-6-11(12)26-15(17)18)5-7-13(21)25-9(2)14(22)20-16(19)23/h4-9,15H,3H2,1-2H3,(H3,19,20,22,23)/b7-5+/t9-/m0/s1. The summed E-state index contributed by atoms with van der Waals surface area (Å²) in [5.41, 5.74) is 5.23. The second-order valence-electron chi connectivity index (χ2n) is 4.78. The first-order valence-electron chi connectivity index (χ1n) is 7.43. The number of imide groups is 1. The van der Waals surface area contributed by atoms with Gasteiger partial charge < -0.3 is 19.9 Å². The number of primary amides is 1. The quantitative estimate of drug-likeness (QED) is 0.531. The van der Waals surface area contributed by atoms with Crippen LogP contribution in [0.3, 0.4) is 0 Å². The van der Waals surface area contributed by atoms with Crippen LogP contribution < -0.4 is 20.5 Å². The Morgan fingerprint density at radius 1 is 1.27 bits per heavy atom. The number of urea groups is 1. The van der Waals surface area contributed by atoms with Crippen LogP contribution >= 0.6 is 0 Å². The predicted molar refractivity (Wildman–Crippen MR) is 86.6 cm³/mol. The summed E-state index contributed by atoms with van der Waals surface area (Å²) in [4.78, 5) is 33.6. The lowest BCUT2D eigenvalue weighted by Gasteiger charge is -2.12. The molecule has 0 aliphatic rings. The summed E-state index contributed by atoms with van der Waals surface area (Å²) in [6, 6.07) is 3.02. The minimum absolute atomic E-state index is 0.0810. The average Bonchev–Trinajstić information content (AvgIpc) is 2.54. The van der Waals surface area contributed by atoms with Crippen LogP contribution in [0.25, 0.3) is 6.08 Å². The van der Waals surface area contributed by atoms with Crippen LogP contribution in [-0.4, -0.2) is 37.2 Å². The first-order chi connectivity index (χ1) is 12.2. The molecule has 0 saturated carbocycles. The number of hydrogen-bond donors (Lipinski definition) is 2. The molecule has 0 spiro atoms. The molecule has 0 heterocycles. The van der Waals surface area contributed by atoms with E-state index in [1.807, 2.05) is 0 Å². The van der Waals surface area contributed by atoms with E-state index in [0.29, 0.717) is 5.56 Å². The van der Waals surface area contributed by atoms with Crippen LogP contribution in [0.2, 0.25) is 0 Å². The van der Waals surface area contributed by atoms with E-state index in [1.165, 1.54) is 31.2 Å². The smallest absolute Gasteiger partial charge is 0.387 e. The molecule has 0 unspecified atom stereocenters. The number of carbonyl (C=O) groups is 3. The highest BCUT2D eigenvalue weighted by Gasteiger charge is 2.17. The Hall–Kier alpha value is -3.17. The lowest BCUT2D eigenvalue weighted by atomic mass is 10.2. The number of esters is 1. The Morgan fingerprint density at radius 3 is 2.54 bits per heavy atom. The summed E-state index contributed by atoms with van der Waals surface area (Å²) in [5.74, 6) is -1.79. The largest absolute Gasteiger partial charge is 0.490 e. The zero-order valence-corrected chi connectivity index (χ0v) is 14.0. The van der Waals surface area contributed by atoms with Crippen molar-refractivity contribution in [2.45, 2.75) is 26.6 Å². The van der Waals surface area contributed by atoms with Gasteiger partial charge in [0, 0.05) is 6.08 Å². The Morgan fingerprint density at radius 2 is 1.96 bits per heavy atom. The second-order valence-corrected chi connectivity index (χ2v) is 4.78. The molecule has 1 aromatic carbocycles. The first kappa shape index (κ1) is 20.9. The number of amides is 3. The molecule has 0 bridgehead atoms. The number of carbonyl (C=O) groups excluding carboxylic acids is 3. The van der Waals surface area contributed by atoms with E-state index in [9.17, 15) is 23.2 Å². The Labute approximate surface area is 147 Å². The Balaban J connectivity index is 2.77. The monoisotopic (exact) mass is 372 g/mol. The lowest BCUT2D eigenvalue weighted by Crippen LogP contribution is -2.42. The van der Waals surface area contributed by atoms with Gasteiger partial charge in [-0.05, 0) is 37.6 Å². The van der Waals surface area contributed by atoms with Gasteiger partial charge in [-0.25, -0.2) is 9.59 Å². The maximum absolute atomic E-state index is 12.3. The number of rotatable bonds is 8. The maximum atomic E-state index is 12.3. The predicted octanol–water partition coefficient (Wildman–Crippen LogP) is 1.83. The average molecular weight is 372 g/mol. The summed E-state index contributed by atoms with van der Waals surface area (Å²) < 4.78 is 39.0. The minimum Gasteiger partial charge on any atom is -0.490 e. The summed E-state index contributed by atoms with van der Waals surface area (Å²) in [5, 5.41) is 1.77. The molecular weight excluding hydrogens is 354 g/mol. The van der Waals surface area contributed by atoms with E-state index in [2.05, 4.69) is 4.74 Å². The molecule has 8 nitrogen and oxygen atoms in total. The van der Waals surface area contributed by atoms with Crippen molar-refractivity contribution < 1.29 is 37.4 Å². The third-order valence-electron chi connectivity index (χ3n) is 2.80. The molecule has 0 saturated heterocycles. The van der Waals surface area contributed by atoms with Crippen molar-refractivity contribution in [1.29, 1.82) is 0 Å². The third kappa shape index (κ3) is 7.16. The zero-order valence-electron chi connectivity index (χ0n) is 14.0. The molecule has 1 atom stereocenters. The topological polar surface area (TPSA) is 117 Å². The van der Waals surface area contributed by atoms with Gasteiger partial charge in [-0.2, -0.15) is 8.78 Å². The Kier molecular flexibility index (Phi) is 8.00. The molecule has 1 rings (SSSR count). The van der Waals surface area contributed by atoms with E-state index in [0.717, 1.165) is 6.08 Å². The second kappa shape index (κ2) is 9.97. The highest BCUT2D eigenvalue weighted by molar-refractivity contribution is 5.97. The van der Waals surface area contributed by atoms with Crippen LogP contribution in [0.5, 0.6) is 11.5 Å². The van der Waals surface area contributed by atoms with Crippen LogP contribution in [0.15, 0.2) is 24.3 Å². The van der Waals surface area contributed by atoms with Gasteiger partial charge in [0.15, 0.2) is 17.6 Å². The third-order valence-corrected chi connectivity index (χ3v) is 2.80. The van der Waals surface area contributed by atoms with Crippen molar-refractivity contribution in [3.8, 4) is 11.5 Å². The van der Waals surface area contributed by atoms with Gasteiger partial charge in [0.2, 0.25) is 0 Å². The molecule has 0 radical (unpaired) electrons.